The highest BCUT2D eigenvalue weighted by atomic mass is 16.5. The molecule has 0 spiro atoms. The van der Waals surface area contributed by atoms with Crippen LogP contribution in [0.3, 0.4) is 0 Å². The number of carbonyl (C=O) groups is 3. The van der Waals surface area contributed by atoms with Crippen molar-refractivity contribution in [3.05, 3.63) is 59.7 Å². The van der Waals surface area contributed by atoms with Gasteiger partial charge < -0.3 is 20.1 Å². The number of hydrogen-bond acceptors (Lipinski definition) is 4. The van der Waals surface area contributed by atoms with Crippen molar-refractivity contribution >= 4 is 18.0 Å². The summed E-state index contributed by atoms with van der Waals surface area (Å²) in [5, 5.41) is 12.1. The molecule has 0 aromatic heterocycles. The molecule has 2 N–H and O–H groups in total. The minimum Gasteiger partial charge on any atom is -0.481 e. The summed E-state index contributed by atoms with van der Waals surface area (Å²) in [5.74, 6) is -0.749. The van der Waals surface area contributed by atoms with Crippen molar-refractivity contribution in [3.63, 3.8) is 0 Å². The van der Waals surface area contributed by atoms with Gasteiger partial charge in [-0.15, -0.1) is 0 Å². The molecule has 4 aliphatic rings. The number of carbonyl (C=O) groups excluding carboxylic acids is 2. The molecule has 2 amide bonds. The first-order valence-electron chi connectivity index (χ1n) is 12.1. The fourth-order valence-corrected chi connectivity index (χ4v) is 6.47. The predicted molar refractivity (Wildman–Crippen MR) is 124 cm³/mol. The third kappa shape index (κ3) is 3.54. The normalized spacial score (nSPS) is 28.7. The molecular formula is C27H28N2O5. The Hall–Kier alpha value is -3.35. The van der Waals surface area contributed by atoms with Crippen molar-refractivity contribution in [1.82, 2.24) is 10.2 Å². The van der Waals surface area contributed by atoms with Crippen LogP contribution >= 0.6 is 0 Å². The minimum atomic E-state index is -0.740. The molecule has 2 saturated carbocycles. The van der Waals surface area contributed by atoms with Gasteiger partial charge in [-0.25, -0.2) is 4.79 Å². The number of carboxylic acid groups (broad SMARTS) is 1. The monoisotopic (exact) mass is 460 g/mol. The first-order chi connectivity index (χ1) is 16.5. The Morgan fingerprint density at radius 1 is 0.941 bits per heavy atom. The van der Waals surface area contributed by atoms with Crippen LogP contribution in [0.2, 0.25) is 0 Å². The van der Waals surface area contributed by atoms with Gasteiger partial charge in [-0.1, -0.05) is 48.5 Å². The molecular weight excluding hydrogens is 432 g/mol. The van der Waals surface area contributed by atoms with E-state index in [1.54, 1.807) is 0 Å². The molecule has 3 unspecified atom stereocenters. The van der Waals surface area contributed by atoms with Gasteiger partial charge in [0.05, 0.1) is 5.92 Å². The fourth-order valence-electron chi connectivity index (χ4n) is 6.47. The number of ether oxygens (including phenoxy) is 1. The third-order valence-corrected chi connectivity index (χ3v) is 8.24. The molecule has 34 heavy (non-hydrogen) atoms. The van der Waals surface area contributed by atoms with Crippen molar-refractivity contribution in [2.45, 2.75) is 31.2 Å². The lowest BCUT2D eigenvalue weighted by Crippen LogP contribution is -2.38. The fraction of sp³-hybridized carbons (Fsp3) is 0.444. The third-order valence-electron chi connectivity index (χ3n) is 8.24. The highest BCUT2D eigenvalue weighted by Gasteiger charge is 2.60. The van der Waals surface area contributed by atoms with Crippen LogP contribution in [0.5, 0.6) is 0 Å². The highest BCUT2D eigenvalue weighted by Crippen LogP contribution is 2.52. The molecule has 0 radical (unpaired) electrons. The maximum atomic E-state index is 12.9. The van der Waals surface area contributed by atoms with Crippen LogP contribution in [0.15, 0.2) is 48.5 Å². The van der Waals surface area contributed by atoms with Crippen LogP contribution < -0.4 is 5.32 Å². The van der Waals surface area contributed by atoms with E-state index in [-0.39, 0.29) is 48.1 Å². The van der Waals surface area contributed by atoms with Gasteiger partial charge >= 0.3 is 12.1 Å². The standard InChI is InChI=1S/C27H28N2O5/c30-25(29-12-21-22(13-29)24(21)26(31)32)15-9-10-16(11-15)28-27(33)34-14-23-19-7-3-1-5-17(19)18-6-2-4-8-20(18)23/h1-8,15-16,21-24H,9-14H2,(H,28,33)(H,31,32)/t15?,16?,21-,22+,24?. The number of fused-ring (bicyclic) bond motifs is 4. The van der Waals surface area contributed by atoms with Crippen molar-refractivity contribution in [3.8, 4) is 11.1 Å². The molecule has 3 aliphatic carbocycles. The smallest absolute Gasteiger partial charge is 0.407 e. The van der Waals surface area contributed by atoms with Gasteiger partial charge in [-0.3, -0.25) is 9.59 Å². The molecule has 2 aromatic carbocycles. The van der Waals surface area contributed by atoms with Gasteiger partial charge in [-0.05, 0) is 53.4 Å². The quantitative estimate of drug-likeness (QED) is 0.712. The van der Waals surface area contributed by atoms with Gasteiger partial charge in [0, 0.05) is 31.0 Å². The number of carboxylic acids is 1. The zero-order valence-corrected chi connectivity index (χ0v) is 18.9. The predicted octanol–water partition coefficient (Wildman–Crippen LogP) is 3.48. The summed E-state index contributed by atoms with van der Waals surface area (Å²) in [7, 11) is 0. The minimum absolute atomic E-state index is 0.0206. The van der Waals surface area contributed by atoms with Gasteiger partial charge in [0.15, 0.2) is 0 Å². The van der Waals surface area contributed by atoms with Crippen LogP contribution in [-0.2, 0) is 14.3 Å². The maximum Gasteiger partial charge on any atom is 0.407 e. The second kappa shape index (κ2) is 8.15. The summed E-state index contributed by atoms with van der Waals surface area (Å²) in [6.45, 7) is 1.39. The second-order valence-corrected chi connectivity index (χ2v) is 10.1. The van der Waals surface area contributed by atoms with Gasteiger partial charge in [0.1, 0.15) is 6.61 Å². The number of nitrogens with zero attached hydrogens (tertiary/aromatic N) is 1. The Kier molecular flexibility index (Phi) is 5.08. The second-order valence-electron chi connectivity index (χ2n) is 10.1. The van der Waals surface area contributed by atoms with E-state index in [0.29, 0.717) is 19.5 Å². The first kappa shape index (κ1) is 21.2. The molecule has 1 heterocycles. The summed E-state index contributed by atoms with van der Waals surface area (Å²) in [4.78, 5) is 38.5. The Morgan fingerprint density at radius 3 is 2.18 bits per heavy atom. The highest BCUT2D eigenvalue weighted by molar-refractivity contribution is 5.82. The van der Waals surface area contributed by atoms with E-state index in [9.17, 15) is 14.4 Å². The molecule has 1 aliphatic heterocycles. The largest absolute Gasteiger partial charge is 0.481 e. The van der Waals surface area contributed by atoms with E-state index in [4.69, 9.17) is 9.84 Å². The Labute approximate surface area is 198 Å². The number of piperidine rings is 1. The molecule has 1 saturated heterocycles. The Bertz CT molecular complexity index is 1110. The van der Waals surface area contributed by atoms with Crippen molar-refractivity contribution in [2.24, 2.45) is 23.7 Å². The SMILES string of the molecule is O=C(NC1CCC(C(=O)N2C[C@@H]3C(C(=O)O)[C@@H]3C2)C1)OCC1c2ccccc2-c2ccccc21. The van der Waals surface area contributed by atoms with Crippen LogP contribution in [0.25, 0.3) is 11.1 Å². The lowest BCUT2D eigenvalue weighted by molar-refractivity contribution is -0.141. The summed E-state index contributed by atoms with van der Waals surface area (Å²) >= 11 is 0. The number of rotatable bonds is 5. The first-order valence-corrected chi connectivity index (χ1v) is 12.1. The van der Waals surface area contributed by atoms with Crippen molar-refractivity contribution in [1.29, 1.82) is 0 Å². The van der Waals surface area contributed by atoms with Gasteiger partial charge in [0.2, 0.25) is 5.91 Å². The van der Waals surface area contributed by atoms with E-state index in [2.05, 4.69) is 29.6 Å². The molecule has 5 atom stereocenters. The lowest BCUT2D eigenvalue weighted by atomic mass is 9.98. The summed E-state index contributed by atoms with van der Waals surface area (Å²) in [6, 6.07) is 16.4. The number of benzene rings is 2. The number of aliphatic carboxylic acids is 1. The summed E-state index contributed by atoms with van der Waals surface area (Å²) in [6.07, 6.45) is 1.66. The zero-order chi connectivity index (χ0) is 23.4. The number of hydrogen-bond donors (Lipinski definition) is 2. The Balaban J connectivity index is 1.01. The van der Waals surface area contributed by atoms with Crippen molar-refractivity contribution in [2.75, 3.05) is 19.7 Å². The number of nitrogens with one attached hydrogen (secondary N) is 1. The van der Waals surface area contributed by atoms with Crippen LogP contribution in [0, 0.1) is 23.7 Å². The topological polar surface area (TPSA) is 95.9 Å². The van der Waals surface area contributed by atoms with Crippen LogP contribution in [0.4, 0.5) is 4.79 Å². The number of alkyl carbamates (subject to hydrolysis) is 1. The molecule has 7 heteroatoms. The Morgan fingerprint density at radius 2 is 1.56 bits per heavy atom. The van der Waals surface area contributed by atoms with E-state index >= 15 is 0 Å². The van der Waals surface area contributed by atoms with Crippen LogP contribution in [-0.4, -0.2) is 53.7 Å². The molecule has 176 valence electrons. The summed E-state index contributed by atoms with van der Waals surface area (Å²) in [5.41, 5.74) is 4.74. The molecule has 6 rings (SSSR count). The maximum absolute atomic E-state index is 12.9. The average Bonchev–Trinajstić information content (AvgIpc) is 3.20. The van der Waals surface area contributed by atoms with Gasteiger partial charge in [-0.2, -0.15) is 0 Å². The molecule has 2 aromatic rings. The van der Waals surface area contributed by atoms with E-state index in [1.165, 1.54) is 22.3 Å². The summed E-state index contributed by atoms with van der Waals surface area (Å²) < 4.78 is 5.65. The zero-order valence-electron chi connectivity index (χ0n) is 18.9. The average molecular weight is 461 g/mol. The van der Waals surface area contributed by atoms with E-state index < -0.39 is 12.1 Å². The number of likely N-dealkylation sites (tertiary alicyclic amines) is 1. The van der Waals surface area contributed by atoms with E-state index in [0.717, 1.165) is 12.8 Å². The van der Waals surface area contributed by atoms with E-state index in [1.807, 2.05) is 29.2 Å². The number of amides is 2. The van der Waals surface area contributed by atoms with Crippen LogP contribution in [0.1, 0.15) is 36.3 Å². The lowest BCUT2D eigenvalue weighted by Gasteiger charge is -2.23. The molecule has 3 fully saturated rings. The van der Waals surface area contributed by atoms with Crippen molar-refractivity contribution < 1.29 is 24.2 Å². The molecule has 0 bridgehead atoms. The molecule has 7 nitrogen and oxygen atoms in total. The van der Waals surface area contributed by atoms with Gasteiger partial charge in [0.25, 0.3) is 0 Å².